The second-order valence-corrected chi connectivity index (χ2v) is 7.22. The number of rotatable bonds is 8. The molecule has 0 radical (unpaired) electrons. The molecule has 2 unspecified atom stereocenters. The van der Waals surface area contributed by atoms with Gasteiger partial charge in [-0.2, -0.15) is 0 Å². The summed E-state index contributed by atoms with van der Waals surface area (Å²) in [6, 6.07) is 0. The summed E-state index contributed by atoms with van der Waals surface area (Å²) in [7, 11) is 1.38. The molecule has 2 aliphatic rings. The van der Waals surface area contributed by atoms with Gasteiger partial charge in [-0.25, -0.2) is 0 Å². The molecule has 0 aliphatic heterocycles. The molecule has 0 spiro atoms. The van der Waals surface area contributed by atoms with Crippen molar-refractivity contribution in [3.63, 3.8) is 0 Å². The summed E-state index contributed by atoms with van der Waals surface area (Å²) in [5, 5.41) is 10.5. The molecule has 0 bridgehead atoms. The number of aliphatic hydroxyl groups excluding tert-OH is 1. The van der Waals surface area contributed by atoms with E-state index in [9.17, 15) is 14.7 Å². The van der Waals surface area contributed by atoms with Crippen LogP contribution in [0.5, 0.6) is 0 Å². The van der Waals surface area contributed by atoms with Gasteiger partial charge in [0.25, 0.3) is 0 Å². The van der Waals surface area contributed by atoms with Crippen LogP contribution in [0.2, 0.25) is 0 Å². The van der Waals surface area contributed by atoms with E-state index in [0.717, 1.165) is 19.3 Å². The molecular weight excluding hydrogens is 352 g/mol. The standard InChI is InChI=1S/C21H27ClO4/c1-26-20(24)11-5-3-2-4-10-17-16(14-18(22)21(17)25)12-13-19(23)15-8-6-7-9-15/h2,4,10,12-16,19,23H,3,5-9,11H2,1H3/b4-2+,13-12+,17-10-. The van der Waals surface area contributed by atoms with Gasteiger partial charge >= 0.3 is 5.97 Å². The van der Waals surface area contributed by atoms with Crippen LogP contribution >= 0.6 is 11.6 Å². The molecule has 2 rings (SSSR count). The first kappa shape index (κ1) is 20.7. The van der Waals surface area contributed by atoms with E-state index in [-0.39, 0.29) is 22.7 Å². The SMILES string of the molecule is COC(=O)CCC/C=C/C=C1\C(=O)C(Cl)=CC1/C=C/C(O)C1CCCC1. The Kier molecular flexibility index (Phi) is 8.33. The highest BCUT2D eigenvalue weighted by Crippen LogP contribution is 2.32. The predicted octanol–water partition coefficient (Wildman–Crippen LogP) is 4.24. The zero-order chi connectivity index (χ0) is 18.9. The van der Waals surface area contributed by atoms with Crippen molar-refractivity contribution in [1.29, 1.82) is 0 Å². The third kappa shape index (κ3) is 5.96. The molecular formula is C21H27ClO4. The van der Waals surface area contributed by atoms with Gasteiger partial charge in [0.15, 0.2) is 0 Å². The summed E-state index contributed by atoms with van der Waals surface area (Å²) in [5.41, 5.74) is 0.606. The molecule has 2 aliphatic carbocycles. The quantitative estimate of drug-likeness (QED) is 0.297. The van der Waals surface area contributed by atoms with Crippen LogP contribution in [-0.4, -0.2) is 30.1 Å². The Morgan fingerprint density at radius 1 is 1.42 bits per heavy atom. The lowest BCUT2D eigenvalue weighted by Gasteiger charge is -2.14. The lowest BCUT2D eigenvalue weighted by molar-refractivity contribution is -0.140. The topological polar surface area (TPSA) is 63.6 Å². The third-order valence-corrected chi connectivity index (χ3v) is 5.25. The number of carbonyl (C=O) groups excluding carboxylic acids is 2. The van der Waals surface area contributed by atoms with Crippen LogP contribution in [0.1, 0.15) is 44.9 Å². The monoisotopic (exact) mass is 378 g/mol. The van der Waals surface area contributed by atoms with E-state index in [1.54, 1.807) is 18.2 Å². The van der Waals surface area contributed by atoms with Crippen LogP contribution in [-0.2, 0) is 14.3 Å². The fourth-order valence-electron chi connectivity index (χ4n) is 3.38. The molecule has 0 aromatic heterocycles. The Bertz CT molecular complexity index is 624. The highest BCUT2D eigenvalue weighted by molar-refractivity contribution is 6.46. The molecule has 0 saturated heterocycles. The minimum Gasteiger partial charge on any atom is -0.469 e. The maximum absolute atomic E-state index is 12.2. The maximum atomic E-state index is 12.2. The van der Waals surface area contributed by atoms with Crippen LogP contribution in [0.25, 0.3) is 0 Å². The van der Waals surface area contributed by atoms with Crippen LogP contribution in [0, 0.1) is 11.8 Å². The van der Waals surface area contributed by atoms with Crippen LogP contribution in [0.3, 0.4) is 0 Å². The van der Waals surface area contributed by atoms with Gasteiger partial charge in [-0.05, 0) is 31.6 Å². The van der Waals surface area contributed by atoms with Crippen molar-refractivity contribution in [3.8, 4) is 0 Å². The zero-order valence-electron chi connectivity index (χ0n) is 15.2. The Morgan fingerprint density at radius 3 is 2.85 bits per heavy atom. The minimum absolute atomic E-state index is 0.170. The Balaban J connectivity index is 1.92. The maximum Gasteiger partial charge on any atom is 0.305 e. The molecule has 1 saturated carbocycles. The van der Waals surface area contributed by atoms with E-state index in [4.69, 9.17) is 11.6 Å². The highest BCUT2D eigenvalue weighted by atomic mass is 35.5. The molecule has 2 atom stereocenters. The van der Waals surface area contributed by atoms with Crippen molar-refractivity contribution in [1.82, 2.24) is 0 Å². The van der Waals surface area contributed by atoms with Crippen molar-refractivity contribution in [2.75, 3.05) is 7.11 Å². The lowest BCUT2D eigenvalue weighted by atomic mass is 9.96. The largest absolute Gasteiger partial charge is 0.469 e. The van der Waals surface area contributed by atoms with Crippen molar-refractivity contribution < 1.29 is 19.4 Å². The summed E-state index contributed by atoms with van der Waals surface area (Å²) in [4.78, 5) is 23.3. The number of methoxy groups -OCH3 is 1. The van der Waals surface area contributed by atoms with Gasteiger partial charge in [-0.1, -0.05) is 60.9 Å². The molecule has 0 aromatic carbocycles. The van der Waals surface area contributed by atoms with E-state index < -0.39 is 6.10 Å². The van der Waals surface area contributed by atoms with Gasteiger partial charge in [0, 0.05) is 17.9 Å². The lowest BCUT2D eigenvalue weighted by Crippen LogP contribution is -2.14. The molecule has 1 N–H and O–H groups in total. The smallest absolute Gasteiger partial charge is 0.305 e. The summed E-state index contributed by atoms with van der Waals surface area (Å²) in [6.07, 6.45) is 16.7. The number of unbranched alkanes of at least 4 members (excludes halogenated alkanes) is 1. The number of halogens is 1. The van der Waals surface area contributed by atoms with E-state index in [1.165, 1.54) is 20.0 Å². The molecule has 142 valence electrons. The Labute approximate surface area is 160 Å². The minimum atomic E-state index is -0.463. The third-order valence-electron chi connectivity index (χ3n) is 4.95. The van der Waals surface area contributed by atoms with Crippen molar-refractivity contribution >= 4 is 23.4 Å². The number of hydrogen-bond acceptors (Lipinski definition) is 4. The number of ketones is 1. The molecule has 0 amide bonds. The second kappa shape index (κ2) is 10.5. The average Bonchev–Trinajstić information content (AvgIpc) is 3.26. The summed E-state index contributed by atoms with van der Waals surface area (Å²) >= 11 is 6.01. The van der Waals surface area contributed by atoms with Gasteiger partial charge in [-0.15, -0.1) is 0 Å². The second-order valence-electron chi connectivity index (χ2n) is 6.81. The van der Waals surface area contributed by atoms with Crippen LogP contribution in [0.4, 0.5) is 0 Å². The Morgan fingerprint density at radius 2 is 2.15 bits per heavy atom. The molecule has 5 heteroatoms. The Hall–Kier alpha value is -1.65. The number of Topliss-reactive ketones (excluding diaryl/α,β-unsaturated/α-hetero) is 1. The number of aliphatic hydroxyl groups is 1. The van der Waals surface area contributed by atoms with Crippen molar-refractivity contribution in [2.45, 2.75) is 51.0 Å². The molecule has 0 aromatic rings. The van der Waals surface area contributed by atoms with Gasteiger partial charge in [0.05, 0.1) is 18.2 Å². The first-order chi connectivity index (χ1) is 12.5. The van der Waals surface area contributed by atoms with Crippen LogP contribution in [0.15, 0.2) is 47.1 Å². The highest BCUT2D eigenvalue weighted by Gasteiger charge is 2.27. The van der Waals surface area contributed by atoms with Gasteiger partial charge < -0.3 is 9.84 Å². The number of esters is 1. The van der Waals surface area contributed by atoms with E-state index in [2.05, 4.69) is 4.74 Å². The average molecular weight is 379 g/mol. The molecule has 26 heavy (non-hydrogen) atoms. The summed E-state index contributed by atoms with van der Waals surface area (Å²) in [6.45, 7) is 0. The van der Waals surface area contributed by atoms with Crippen molar-refractivity contribution in [3.05, 3.63) is 47.1 Å². The van der Waals surface area contributed by atoms with Gasteiger partial charge in [0.1, 0.15) is 0 Å². The van der Waals surface area contributed by atoms with Gasteiger partial charge in [0.2, 0.25) is 5.78 Å². The molecule has 1 fully saturated rings. The molecule has 4 nitrogen and oxygen atoms in total. The first-order valence-electron chi connectivity index (χ1n) is 9.25. The van der Waals surface area contributed by atoms with Crippen LogP contribution < -0.4 is 0 Å². The summed E-state index contributed by atoms with van der Waals surface area (Å²) in [5.74, 6) is -0.267. The summed E-state index contributed by atoms with van der Waals surface area (Å²) < 4.78 is 4.59. The zero-order valence-corrected chi connectivity index (χ0v) is 16.0. The number of hydrogen-bond donors (Lipinski definition) is 1. The van der Waals surface area contributed by atoms with E-state index in [1.807, 2.05) is 18.2 Å². The number of carbonyl (C=O) groups is 2. The number of allylic oxidation sites excluding steroid dienone is 7. The molecule has 0 heterocycles. The van der Waals surface area contributed by atoms with Gasteiger partial charge in [-0.3, -0.25) is 9.59 Å². The van der Waals surface area contributed by atoms with Crippen molar-refractivity contribution in [2.24, 2.45) is 11.8 Å². The predicted molar refractivity (Wildman–Crippen MR) is 103 cm³/mol. The fourth-order valence-corrected chi connectivity index (χ4v) is 3.63. The first-order valence-corrected chi connectivity index (χ1v) is 9.62. The van der Waals surface area contributed by atoms with E-state index in [0.29, 0.717) is 24.3 Å². The number of ether oxygens (including phenoxy) is 1. The normalized spacial score (nSPS) is 24.1. The fraction of sp³-hybridized carbons (Fsp3) is 0.524. The van der Waals surface area contributed by atoms with E-state index >= 15 is 0 Å².